The van der Waals surface area contributed by atoms with Gasteiger partial charge in [0.1, 0.15) is 0 Å². The lowest BCUT2D eigenvalue weighted by molar-refractivity contribution is -0.0339. The van der Waals surface area contributed by atoms with Crippen LogP contribution in [0.3, 0.4) is 0 Å². The van der Waals surface area contributed by atoms with E-state index in [1.165, 1.54) is 23.8 Å². The van der Waals surface area contributed by atoms with Crippen molar-refractivity contribution in [3.05, 3.63) is 22.6 Å². The summed E-state index contributed by atoms with van der Waals surface area (Å²) >= 11 is 6.76. The fourth-order valence-corrected chi connectivity index (χ4v) is 7.04. The van der Waals surface area contributed by atoms with Crippen LogP contribution in [0.1, 0.15) is 13.2 Å². The molecule has 36 heavy (non-hydrogen) atoms. The lowest BCUT2D eigenvalue weighted by atomic mass is 9.89. The molecule has 2 aromatic rings. The average molecular weight is 593 g/mol. The van der Waals surface area contributed by atoms with Crippen molar-refractivity contribution >= 4 is 52.1 Å². The molecule has 17 nitrogen and oxygen atoms in total. The predicted molar refractivity (Wildman–Crippen MR) is 121 cm³/mol. The molecule has 0 amide bonds. The Morgan fingerprint density at radius 3 is 2.53 bits per heavy atom. The van der Waals surface area contributed by atoms with Crippen molar-refractivity contribution in [2.24, 2.45) is 5.92 Å². The third kappa shape index (κ3) is 6.27. The number of rotatable bonds is 9. The van der Waals surface area contributed by atoms with Gasteiger partial charge in [0, 0.05) is 12.1 Å². The highest BCUT2D eigenvalue weighted by Gasteiger charge is 2.56. The minimum Gasteiger partial charge on any atom is -0.396 e. The monoisotopic (exact) mass is 592 g/mol. The van der Waals surface area contributed by atoms with Crippen LogP contribution in [0.5, 0.6) is 0 Å². The van der Waals surface area contributed by atoms with Crippen LogP contribution >= 0.6 is 35.1 Å². The Hall–Kier alpha value is -1.60. The van der Waals surface area contributed by atoms with Gasteiger partial charge in [-0.05, 0) is 13.0 Å². The number of phosphoric acid groups is 3. The number of alkyl halides is 1. The Bertz CT molecular complexity index is 1410. The molecule has 3 rings (SSSR count). The van der Waals surface area contributed by atoms with E-state index >= 15 is 0 Å². The topological polar surface area (TPSA) is 266 Å². The van der Waals surface area contributed by atoms with Crippen LogP contribution in [0, 0.1) is 17.8 Å². The minimum absolute atomic E-state index is 0.0504. The van der Waals surface area contributed by atoms with Crippen molar-refractivity contribution in [2.45, 2.75) is 24.1 Å². The molecule has 0 radical (unpaired) electrons. The molecule has 200 valence electrons. The van der Waals surface area contributed by atoms with Gasteiger partial charge in [-0.1, -0.05) is 17.5 Å². The second kappa shape index (κ2) is 10.3. The van der Waals surface area contributed by atoms with Crippen LogP contribution in [-0.2, 0) is 31.6 Å². The molecule has 3 heterocycles. The number of fused-ring (bicyclic) bond motifs is 1. The Morgan fingerprint density at radius 1 is 1.28 bits per heavy atom. The Balaban J connectivity index is 1.91. The zero-order chi connectivity index (χ0) is 27.1. The number of nitrogens with zero attached hydrogens (tertiary/aromatic N) is 2. The van der Waals surface area contributed by atoms with Gasteiger partial charge in [0.2, 0.25) is 5.95 Å². The molecule has 1 saturated heterocycles. The van der Waals surface area contributed by atoms with E-state index in [2.05, 4.69) is 35.0 Å². The molecule has 1 fully saturated rings. The van der Waals surface area contributed by atoms with Crippen LogP contribution in [-0.4, -0.2) is 63.4 Å². The SMILES string of the molecule is CC#CC1(Cl)C(CO)[C@@H](COP(=O)(O)OP(=O)(O)OP(=O)(O)O)O[C@H]1n1ccc2c(=O)[nH]c(N)nc21. The van der Waals surface area contributed by atoms with Crippen molar-refractivity contribution in [3.8, 4) is 11.8 Å². The maximum atomic E-state index is 12.2. The summed E-state index contributed by atoms with van der Waals surface area (Å²) in [6.07, 6.45) is -1.17. The van der Waals surface area contributed by atoms with Gasteiger partial charge >= 0.3 is 23.5 Å². The molecule has 2 aromatic heterocycles. The number of ether oxygens (including phenoxy) is 1. The van der Waals surface area contributed by atoms with Gasteiger partial charge in [0.05, 0.1) is 24.7 Å². The number of aromatic amines is 1. The van der Waals surface area contributed by atoms with E-state index in [1.54, 1.807) is 0 Å². The van der Waals surface area contributed by atoms with E-state index in [4.69, 9.17) is 31.9 Å². The molecule has 1 aliphatic heterocycles. The van der Waals surface area contributed by atoms with E-state index < -0.39 is 65.4 Å². The first kappa shape index (κ1) is 29.0. The van der Waals surface area contributed by atoms with Gasteiger partial charge in [-0.3, -0.25) is 14.3 Å². The fourth-order valence-electron chi connectivity index (χ4n) is 3.55. The molecular formula is C15H20ClN4O13P3. The molecule has 4 unspecified atom stereocenters. The van der Waals surface area contributed by atoms with E-state index in [9.17, 15) is 33.4 Å². The van der Waals surface area contributed by atoms with Crippen molar-refractivity contribution in [1.29, 1.82) is 0 Å². The molecule has 0 saturated carbocycles. The number of phosphoric ester groups is 1. The number of aliphatic hydroxyl groups is 1. The molecule has 8 N–H and O–H groups in total. The number of anilines is 1. The van der Waals surface area contributed by atoms with Crippen molar-refractivity contribution < 1.29 is 56.3 Å². The van der Waals surface area contributed by atoms with Gasteiger partial charge in [-0.25, -0.2) is 13.7 Å². The number of nitrogens with two attached hydrogens (primary N) is 1. The lowest BCUT2D eigenvalue weighted by Crippen LogP contribution is -2.39. The summed E-state index contributed by atoms with van der Waals surface area (Å²) in [6.45, 7) is -0.126. The number of halogens is 1. The van der Waals surface area contributed by atoms with Gasteiger partial charge in [0.25, 0.3) is 5.56 Å². The van der Waals surface area contributed by atoms with E-state index in [0.717, 1.165) is 0 Å². The summed E-state index contributed by atoms with van der Waals surface area (Å²) < 4.78 is 53.5. The molecule has 0 spiro atoms. The van der Waals surface area contributed by atoms with Gasteiger partial charge in [0.15, 0.2) is 16.7 Å². The fraction of sp³-hybridized carbons (Fsp3) is 0.467. The molecule has 0 bridgehead atoms. The zero-order valence-corrected chi connectivity index (χ0v) is 21.4. The summed E-state index contributed by atoms with van der Waals surface area (Å²) in [5.41, 5.74) is 5.12. The highest BCUT2D eigenvalue weighted by atomic mass is 35.5. The molecule has 0 aromatic carbocycles. The smallest absolute Gasteiger partial charge is 0.396 e. The summed E-state index contributed by atoms with van der Waals surface area (Å²) in [5.74, 6) is 3.97. The highest BCUT2D eigenvalue weighted by molar-refractivity contribution is 7.66. The maximum absolute atomic E-state index is 12.2. The number of aromatic nitrogens is 3. The van der Waals surface area contributed by atoms with Crippen molar-refractivity contribution in [3.63, 3.8) is 0 Å². The van der Waals surface area contributed by atoms with Gasteiger partial charge < -0.3 is 39.7 Å². The third-order valence-corrected chi connectivity index (χ3v) is 9.20. The Labute approximate surface area is 206 Å². The molecule has 0 aliphatic carbocycles. The maximum Gasteiger partial charge on any atom is 0.490 e. The van der Waals surface area contributed by atoms with Crippen molar-refractivity contribution in [2.75, 3.05) is 18.9 Å². The first-order chi connectivity index (χ1) is 16.5. The average Bonchev–Trinajstić information content (AvgIpc) is 3.22. The largest absolute Gasteiger partial charge is 0.490 e. The predicted octanol–water partition coefficient (Wildman–Crippen LogP) is 0.157. The van der Waals surface area contributed by atoms with Gasteiger partial charge in [-0.2, -0.15) is 13.6 Å². The molecular weight excluding hydrogens is 573 g/mol. The zero-order valence-electron chi connectivity index (χ0n) is 18.0. The summed E-state index contributed by atoms with van der Waals surface area (Å²) in [4.78, 5) is 53.1. The van der Waals surface area contributed by atoms with Crippen LogP contribution < -0.4 is 11.3 Å². The van der Waals surface area contributed by atoms with Gasteiger partial charge in [-0.15, -0.1) is 5.92 Å². The quantitative estimate of drug-likeness (QED) is 0.116. The first-order valence-corrected chi connectivity index (χ1v) is 14.5. The van der Waals surface area contributed by atoms with Crippen LogP contribution in [0.15, 0.2) is 17.1 Å². The third-order valence-electron chi connectivity index (χ3n) is 4.84. The molecule has 6 atom stereocenters. The second-order valence-electron chi connectivity index (χ2n) is 7.26. The van der Waals surface area contributed by atoms with E-state index in [0.29, 0.717) is 0 Å². The number of nitrogens with one attached hydrogen (secondary N) is 1. The van der Waals surface area contributed by atoms with Crippen LogP contribution in [0.4, 0.5) is 5.95 Å². The molecule has 1 aliphatic rings. The van der Waals surface area contributed by atoms with Crippen LogP contribution in [0.2, 0.25) is 0 Å². The number of nitrogen functional groups attached to an aromatic ring is 1. The number of hydrogen-bond donors (Lipinski definition) is 7. The minimum atomic E-state index is -5.74. The standard InChI is InChI=1S/C15H20ClN4O13P3/c1-2-4-15(16)9(6-21)10(7-30-35(26,27)33-36(28,29)32-34(23,24)25)31-13(15)20-5-3-8-11(20)18-14(17)19-12(8)22/h3,5,9-10,13,21H,6-7H2,1H3,(H,26,27)(H,28,29)(H2,23,24,25)(H3,17,18,19,22)/t9?,10-,13-,15?/m1/s1. The Kier molecular flexibility index (Phi) is 8.27. The molecule has 21 heteroatoms. The Morgan fingerprint density at radius 2 is 1.94 bits per heavy atom. The summed E-state index contributed by atoms with van der Waals surface area (Å²) in [7, 11) is -16.8. The number of hydrogen-bond acceptors (Lipinski definition) is 11. The summed E-state index contributed by atoms with van der Waals surface area (Å²) in [6, 6.07) is 1.40. The normalized spacial score (nSPS) is 27.8. The second-order valence-corrected chi connectivity index (χ2v) is 12.3. The van der Waals surface area contributed by atoms with Crippen LogP contribution in [0.25, 0.3) is 11.0 Å². The highest BCUT2D eigenvalue weighted by Crippen LogP contribution is 2.66. The van der Waals surface area contributed by atoms with E-state index in [-0.39, 0.29) is 17.0 Å². The summed E-state index contributed by atoms with van der Waals surface area (Å²) in [5, 5.41) is 10.1. The first-order valence-electron chi connectivity index (χ1n) is 9.56. The number of H-pyrrole nitrogens is 1. The lowest BCUT2D eigenvalue weighted by Gasteiger charge is -2.28. The van der Waals surface area contributed by atoms with Crippen molar-refractivity contribution in [1.82, 2.24) is 14.5 Å². The number of aliphatic hydroxyl groups excluding tert-OH is 1. The van der Waals surface area contributed by atoms with E-state index in [1.807, 2.05) is 0 Å².